The van der Waals surface area contributed by atoms with E-state index < -0.39 is 21.7 Å². The molecule has 0 radical (unpaired) electrons. The van der Waals surface area contributed by atoms with Gasteiger partial charge in [0.2, 0.25) is 0 Å². The van der Waals surface area contributed by atoms with Crippen molar-refractivity contribution in [3.05, 3.63) is 53.6 Å². The van der Waals surface area contributed by atoms with Crippen LogP contribution < -0.4 is 9.04 Å². The molecule has 0 saturated carbocycles. The third kappa shape index (κ3) is 2.29. The number of rotatable bonds is 3. The average molecular weight is 331 g/mol. The summed E-state index contributed by atoms with van der Waals surface area (Å²) in [6.07, 6.45) is 0. The van der Waals surface area contributed by atoms with Crippen LogP contribution in [0.5, 0.6) is 5.75 Å². The second-order valence-corrected chi connectivity index (χ2v) is 6.89. The SMILES string of the molecule is COc1ccc2c(c1)C(=O)C(=O)N2S(=O)(=O)c1ccc(C)cc1. The minimum absolute atomic E-state index is 0.0186. The highest BCUT2D eigenvalue weighted by molar-refractivity contribution is 7.93. The molecule has 0 fully saturated rings. The number of aryl methyl sites for hydroxylation is 1. The van der Waals surface area contributed by atoms with Crippen LogP contribution in [-0.4, -0.2) is 27.2 Å². The predicted octanol–water partition coefficient (Wildman–Crippen LogP) is 1.92. The van der Waals surface area contributed by atoms with Gasteiger partial charge < -0.3 is 4.74 Å². The summed E-state index contributed by atoms with van der Waals surface area (Å²) < 4.78 is 31.0. The molecule has 3 rings (SSSR count). The molecule has 1 aliphatic rings. The maximum Gasteiger partial charge on any atom is 0.313 e. The first-order valence-corrected chi connectivity index (χ1v) is 8.19. The van der Waals surface area contributed by atoms with Gasteiger partial charge >= 0.3 is 5.91 Å². The Morgan fingerprint density at radius 3 is 2.26 bits per heavy atom. The smallest absolute Gasteiger partial charge is 0.313 e. The van der Waals surface area contributed by atoms with Gasteiger partial charge in [0.25, 0.3) is 15.8 Å². The van der Waals surface area contributed by atoms with Crippen LogP contribution in [-0.2, 0) is 14.8 Å². The fourth-order valence-electron chi connectivity index (χ4n) is 2.37. The van der Waals surface area contributed by atoms with E-state index in [0.717, 1.165) is 5.56 Å². The first-order valence-electron chi connectivity index (χ1n) is 6.75. The van der Waals surface area contributed by atoms with Crippen LogP contribution in [0.4, 0.5) is 5.69 Å². The van der Waals surface area contributed by atoms with Crippen molar-refractivity contribution < 1.29 is 22.7 Å². The highest BCUT2D eigenvalue weighted by Crippen LogP contribution is 2.35. The number of carbonyl (C=O) groups excluding carboxylic acids is 2. The standard InChI is InChI=1S/C16H13NO5S/c1-10-3-6-12(7-4-10)23(20,21)17-14-8-5-11(22-2)9-13(14)15(18)16(17)19/h3-9H,1-2H3. The Hall–Kier alpha value is -2.67. The Morgan fingerprint density at radius 2 is 1.65 bits per heavy atom. The van der Waals surface area contributed by atoms with E-state index in [1.807, 2.05) is 6.92 Å². The molecular formula is C16H13NO5S. The number of nitrogens with zero attached hydrogens (tertiary/aromatic N) is 1. The van der Waals surface area contributed by atoms with Crippen molar-refractivity contribution in [2.75, 3.05) is 11.4 Å². The average Bonchev–Trinajstić information content (AvgIpc) is 2.79. The van der Waals surface area contributed by atoms with Crippen molar-refractivity contribution in [1.29, 1.82) is 0 Å². The molecular weight excluding hydrogens is 318 g/mol. The second kappa shape index (κ2) is 5.20. The van der Waals surface area contributed by atoms with E-state index in [4.69, 9.17) is 4.74 Å². The van der Waals surface area contributed by atoms with Crippen molar-refractivity contribution in [2.24, 2.45) is 0 Å². The lowest BCUT2D eigenvalue weighted by Gasteiger charge is -2.17. The molecule has 0 bridgehead atoms. The zero-order chi connectivity index (χ0) is 16.8. The number of Topliss-reactive ketones (excluding diaryl/α,β-unsaturated/α-hetero) is 1. The van der Waals surface area contributed by atoms with Crippen LogP contribution in [0.15, 0.2) is 47.4 Å². The van der Waals surface area contributed by atoms with Crippen LogP contribution >= 0.6 is 0 Å². The van der Waals surface area contributed by atoms with E-state index in [9.17, 15) is 18.0 Å². The first kappa shape index (κ1) is 15.2. The number of sulfonamides is 1. The normalized spacial score (nSPS) is 14.1. The maximum atomic E-state index is 12.7. The molecule has 7 heteroatoms. The van der Waals surface area contributed by atoms with Gasteiger partial charge in [0.15, 0.2) is 0 Å². The molecule has 0 spiro atoms. The van der Waals surface area contributed by atoms with Gasteiger partial charge in [-0.15, -0.1) is 0 Å². The largest absolute Gasteiger partial charge is 0.497 e. The monoisotopic (exact) mass is 331 g/mol. The fraction of sp³-hybridized carbons (Fsp3) is 0.125. The topological polar surface area (TPSA) is 80.8 Å². The zero-order valence-corrected chi connectivity index (χ0v) is 13.3. The maximum absolute atomic E-state index is 12.7. The molecule has 23 heavy (non-hydrogen) atoms. The Bertz CT molecular complexity index is 916. The molecule has 0 aromatic heterocycles. The summed E-state index contributed by atoms with van der Waals surface area (Å²) in [5, 5.41) is 0. The van der Waals surface area contributed by atoms with Gasteiger partial charge in [0, 0.05) is 0 Å². The second-order valence-electron chi connectivity index (χ2n) is 5.10. The van der Waals surface area contributed by atoms with Crippen LogP contribution in [0.1, 0.15) is 15.9 Å². The Morgan fingerprint density at radius 1 is 1.00 bits per heavy atom. The van der Waals surface area contributed by atoms with Crippen molar-refractivity contribution in [3.63, 3.8) is 0 Å². The van der Waals surface area contributed by atoms with Gasteiger partial charge in [0.05, 0.1) is 23.3 Å². The van der Waals surface area contributed by atoms with E-state index in [2.05, 4.69) is 0 Å². The van der Waals surface area contributed by atoms with Gasteiger partial charge in [-0.1, -0.05) is 17.7 Å². The van der Waals surface area contributed by atoms with Crippen molar-refractivity contribution >= 4 is 27.4 Å². The van der Waals surface area contributed by atoms with Gasteiger partial charge in [-0.3, -0.25) is 9.59 Å². The van der Waals surface area contributed by atoms with E-state index in [1.165, 1.54) is 37.4 Å². The van der Waals surface area contributed by atoms with E-state index in [0.29, 0.717) is 10.1 Å². The number of ether oxygens (including phenoxy) is 1. The molecule has 2 aromatic carbocycles. The summed E-state index contributed by atoms with van der Waals surface area (Å²) in [5.41, 5.74) is 0.948. The number of fused-ring (bicyclic) bond motifs is 1. The molecule has 1 aliphatic heterocycles. The zero-order valence-electron chi connectivity index (χ0n) is 12.4. The fourth-order valence-corrected chi connectivity index (χ4v) is 3.78. The number of carbonyl (C=O) groups is 2. The number of amides is 1. The minimum Gasteiger partial charge on any atom is -0.497 e. The number of methoxy groups -OCH3 is 1. The number of hydrogen-bond donors (Lipinski definition) is 0. The Balaban J connectivity index is 2.16. The summed E-state index contributed by atoms with van der Waals surface area (Å²) in [6, 6.07) is 10.3. The molecule has 2 aromatic rings. The van der Waals surface area contributed by atoms with E-state index in [-0.39, 0.29) is 16.1 Å². The molecule has 0 unspecified atom stereocenters. The summed E-state index contributed by atoms with van der Waals surface area (Å²) in [6.45, 7) is 1.82. The molecule has 1 heterocycles. The highest BCUT2D eigenvalue weighted by Gasteiger charge is 2.43. The molecule has 0 aliphatic carbocycles. The van der Waals surface area contributed by atoms with Crippen molar-refractivity contribution in [3.8, 4) is 5.75 Å². The van der Waals surface area contributed by atoms with Gasteiger partial charge in [0.1, 0.15) is 5.75 Å². The van der Waals surface area contributed by atoms with Crippen molar-refractivity contribution in [2.45, 2.75) is 11.8 Å². The molecule has 118 valence electrons. The van der Waals surface area contributed by atoms with Crippen LogP contribution in [0.25, 0.3) is 0 Å². The minimum atomic E-state index is -4.15. The molecule has 0 atom stereocenters. The third-order valence-corrected chi connectivity index (χ3v) is 5.32. The number of anilines is 1. The van der Waals surface area contributed by atoms with Gasteiger partial charge in [-0.2, -0.15) is 4.31 Å². The van der Waals surface area contributed by atoms with Crippen LogP contribution in [0.3, 0.4) is 0 Å². The quantitative estimate of drug-likeness (QED) is 0.803. The number of benzene rings is 2. The van der Waals surface area contributed by atoms with E-state index in [1.54, 1.807) is 12.1 Å². The summed E-state index contributed by atoms with van der Waals surface area (Å²) in [5.74, 6) is -1.58. The molecule has 0 N–H and O–H groups in total. The lowest BCUT2D eigenvalue weighted by atomic mass is 10.1. The lowest BCUT2D eigenvalue weighted by molar-refractivity contribution is -0.113. The Labute approximate surface area is 133 Å². The number of ketones is 1. The first-order chi connectivity index (χ1) is 10.9. The van der Waals surface area contributed by atoms with Crippen LogP contribution in [0, 0.1) is 6.92 Å². The van der Waals surface area contributed by atoms with E-state index >= 15 is 0 Å². The summed E-state index contributed by atoms with van der Waals surface area (Å²) >= 11 is 0. The van der Waals surface area contributed by atoms with Crippen LogP contribution in [0.2, 0.25) is 0 Å². The third-order valence-electron chi connectivity index (χ3n) is 3.61. The van der Waals surface area contributed by atoms with Gasteiger partial charge in [-0.25, -0.2) is 8.42 Å². The molecule has 6 nitrogen and oxygen atoms in total. The highest BCUT2D eigenvalue weighted by atomic mass is 32.2. The molecule has 0 saturated heterocycles. The Kier molecular flexibility index (Phi) is 3.45. The predicted molar refractivity (Wildman–Crippen MR) is 83.2 cm³/mol. The number of hydrogen-bond acceptors (Lipinski definition) is 5. The summed E-state index contributed by atoms with van der Waals surface area (Å²) in [4.78, 5) is 24.3. The summed E-state index contributed by atoms with van der Waals surface area (Å²) in [7, 11) is -2.73. The van der Waals surface area contributed by atoms with Gasteiger partial charge in [-0.05, 0) is 37.3 Å². The molecule has 1 amide bonds. The lowest BCUT2D eigenvalue weighted by Crippen LogP contribution is -2.35. The van der Waals surface area contributed by atoms with Crippen molar-refractivity contribution in [1.82, 2.24) is 0 Å².